The first-order valence-electron chi connectivity index (χ1n) is 8.56. The van der Waals surface area contributed by atoms with Crippen LogP contribution >= 0.6 is 0 Å². The summed E-state index contributed by atoms with van der Waals surface area (Å²) in [6.45, 7) is 1.28. The number of hydrazone groups is 1. The number of benzene rings is 2. The van der Waals surface area contributed by atoms with Crippen molar-refractivity contribution in [3.05, 3.63) is 95.6 Å². The minimum absolute atomic E-state index is 0.0381. The third-order valence-electron chi connectivity index (χ3n) is 3.71. The molecule has 0 unspecified atom stereocenters. The number of hydrogen-bond acceptors (Lipinski definition) is 6. The Morgan fingerprint density at radius 2 is 1.54 bits per heavy atom. The summed E-state index contributed by atoms with van der Waals surface area (Å²) >= 11 is 0. The number of ether oxygens (including phenoxy) is 1. The average Bonchev–Trinajstić information content (AvgIpc) is 2.74. The first-order valence-corrected chi connectivity index (χ1v) is 8.56. The van der Waals surface area contributed by atoms with Gasteiger partial charge in [0.15, 0.2) is 12.3 Å². The molecule has 1 amide bonds. The summed E-state index contributed by atoms with van der Waals surface area (Å²) in [6.07, 6.45) is 2.75. The van der Waals surface area contributed by atoms with Crippen molar-refractivity contribution in [3.8, 4) is 0 Å². The second kappa shape index (κ2) is 9.18. The van der Waals surface area contributed by atoms with Crippen LogP contribution in [0.4, 0.5) is 0 Å². The first-order chi connectivity index (χ1) is 13.6. The minimum atomic E-state index is -0.724. The van der Waals surface area contributed by atoms with Crippen LogP contribution in [0.15, 0.2) is 78.2 Å². The van der Waals surface area contributed by atoms with E-state index in [1.54, 1.807) is 6.92 Å². The second-order valence-electron chi connectivity index (χ2n) is 5.85. The molecule has 3 aromatic rings. The topological polar surface area (TPSA) is 93.5 Å². The molecule has 0 saturated heterocycles. The summed E-state index contributed by atoms with van der Waals surface area (Å²) in [5.74, 6) is -1.28. The zero-order valence-corrected chi connectivity index (χ0v) is 15.2. The lowest BCUT2D eigenvalue weighted by atomic mass is 10.0. The Balaban J connectivity index is 1.66. The van der Waals surface area contributed by atoms with Crippen LogP contribution < -0.4 is 5.43 Å². The standard InChI is InChI=1S/C21H18N4O3/c1-15-12-23-18(13-22-15)21(27)28-14-19(26)24-25-20(16-8-4-2-5-9-16)17-10-6-3-7-11-17/h2-13H,14H2,1H3,(H,24,26). The molecular weight excluding hydrogens is 356 g/mol. The van der Waals surface area contributed by atoms with Gasteiger partial charge in [-0.05, 0) is 6.92 Å². The third kappa shape index (κ3) is 5.07. The van der Waals surface area contributed by atoms with E-state index < -0.39 is 18.5 Å². The summed E-state index contributed by atoms with van der Waals surface area (Å²) in [4.78, 5) is 31.9. The van der Waals surface area contributed by atoms with Crippen molar-refractivity contribution >= 4 is 17.6 Å². The number of nitrogens with zero attached hydrogens (tertiary/aromatic N) is 3. The van der Waals surface area contributed by atoms with E-state index in [0.29, 0.717) is 11.4 Å². The number of esters is 1. The molecule has 0 aliphatic heterocycles. The number of aromatic nitrogens is 2. The summed E-state index contributed by atoms with van der Waals surface area (Å²) in [5.41, 5.74) is 5.45. The maximum absolute atomic E-state index is 12.1. The number of hydrogen-bond donors (Lipinski definition) is 1. The second-order valence-corrected chi connectivity index (χ2v) is 5.85. The first kappa shape index (κ1) is 18.9. The van der Waals surface area contributed by atoms with E-state index in [2.05, 4.69) is 20.5 Å². The van der Waals surface area contributed by atoms with E-state index in [1.807, 2.05) is 60.7 Å². The molecule has 140 valence electrons. The van der Waals surface area contributed by atoms with Crippen molar-refractivity contribution in [2.45, 2.75) is 6.92 Å². The molecular formula is C21H18N4O3. The highest BCUT2D eigenvalue weighted by Crippen LogP contribution is 2.10. The van der Waals surface area contributed by atoms with E-state index in [0.717, 1.165) is 11.1 Å². The average molecular weight is 374 g/mol. The quantitative estimate of drug-likeness (QED) is 0.406. The minimum Gasteiger partial charge on any atom is -0.451 e. The van der Waals surface area contributed by atoms with Crippen LogP contribution in [-0.2, 0) is 9.53 Å². The van der Waals surface area contributed by atoms with E-state index in [1.165, 1.54) is 12.4 Å². The van der Waals surface area contributed by atoms with Gasteiger partial charge >= 0.3 is 5.97 Å². The Morgan fingerprint density at radius 3 is 2.07 bits per heavy atom. The smallest absolute Gasteiger partial charge is 0.359 e. The monoisotopic (exact) mass is 374 g/mol. The number of nitrogens with one attached hydrogen (secondary N) is 1. The molecule has 3 rings (SSSR count). The molecule has 0 aliphatic rings. The SMILES string of the molecule is Cc1cnc(C(=O)OCC(=O)NN=C(c2ccccc2)c2ccccc2)cn1. The van der Waals surface area contributed by atoms with Crippen LogP contribution in [0, 0.1) is 6.92 Å². The van der Waals surface area contributed by atoms with Gasteiger partial charge in [-0.15, -0.1) is 0 Å². The van der Waals surface area contributed by atoms with E-state index >= 15 is 0 Å². The van der Waals surface area contributed by atoms with Gasteiger partial charge in [-0.25, -0.2) is 15.2 Å². The number of rotatable bonds is 6. The number of carbonyl (C=O) groups is 2. The van der Waals surface area contributed by atoms with Gasteiger partial charge in [0.2, 0.25) is 0 Å². The fourth-order valence-corrected chi connectivity index (χ4v) is 2.34. The van der Waals surface area contributed by atoms with Crippen LogP contribution in [0.25, 0.3) is 0 Å². The van der Waals surface area contributed by atoms with Gasteiger partial charge in [0.1, 0.15) is 0 Å². The normalized spacial score (nSPS) is 10.0. The highest BCUT2D eigenvalue weighted by atomic mass is 16.5. The molecule has 28 heavy (non-hydrogen) atoms. The molecule has 7 nitrogen and oxygen atoms in total. The van der Waals surface area contributed by atoms with Gasteiger partial charge in [-0.2, -0.15) is 5.10 Å². The summed E-state index contributed by atoms with van der Waals surface area (Å²) in [7, 11) is 0. The van der Waals surface area contributed by atoms with Crippen molar-refractivity contribution in [1.82, 2.24) is 15.4 Å². The van der Waals surface area contributed by atoms with Crippen LogP contribution in [-0.4, -0.2) is 34.2 Å². The Labute approximate surface area is 162 Å². The Morgan fingerprint density at radius 1 is 0.929 bits per heavy atom. The van der Waals surface area contributed by atoms with Gasteiger partial charge < -0.3 is 4.74 Å². The molecule has 0 bridgehead atoms. The zero-order chi connectivity index (χ0) is 19.8. The highest BCUT2D eigenvalue weighted by Gasteiger charge is 2.12. The van der Waals surface area contributed by atoms with Gasteiger partial charge in [0.25, 0.3) is 5.91 Å². The predicted molar refractivity (Wildman–Crippen MR) is 104 cm³/mol. The number of carbonyl (C=O) groups excluding carboxylic acids is 2. The summed E-state index contributed by atoms with van der Waals surface area (Å²) < 4.78 is 4.95. The van der Waals surface area contributed by atoms with Crippen LogP contribution in [0.3, 0.4) is 0 Å². The van der Waals surface area contributed by atoms with Crippen LogP contribution in [0.2, 0.25) is 0 Å². The Hall–Kier alpha value is -3.87. The largest absolute Gasteiger partial charge is 0.451 e. The predicted octanol–water partition coefficient (Wildman–Crippen LogP) is 2.51. The molecule has 0 fully saturated rings. The number of aryl methyl sites for hydroxylation is 1. The van der Waals surface area contributed by atoms with E-state index in [-0.39, 0.29) is 5.69 Å². The van der Waals surface area contributed by atoms with Crippen LogP contribution in [0.5, 0.6) is 0 Å². The lowest BCUT2D eigenvalue weighted by Crippen LogP contribution is -2.26. The molecule has 7 heteroatoms. The molecule has 0 radical (unpaired) electrons. The van der Waals surface area contributed by atoms with Gasteiger partial charge in [-0.3, -0.25) is 9.78 Å². The molecule has 2 aromatic carbocycles. The number of amides is 1. The zero-order valence-electron chi connectivity index (χ0n) is 15.2. The molecule has 0 atom stereocenters. The summed E-state index contributed by atoms with van der Waals surface area (Å²) in [5, 5.41) is 4.22. The van der Waals surface area contributed by atoms with Crippen molar-refractivity contribution in [2.24, 2.45) is 5.10 Å². The van der Waals surface area contributed by atoms with E-state index in [4.69, 9.17) is 4.74 Å². The molecule has 0 saturated carbocycles. The molecule has 1 N–H and O–H groups in total. The molecule has 1 heterocycles. The molecule has 0 spiro atoms. The lowest BCUT2D eigenvalue weighted by Gasteiger charge is -2.08. The Bertz CT molecular complexity index is 930. The fraction of sp³-hybridized carbons (Fsp3) is 0.0952. The maximum Gasteiger partial charge on any atom is 0.359 e. The van der Waals surface area contributed by atoms with Crippen molar-refractivity contribution in [3.63, 3.8) is 0 Å². The van der Waals surface area contributed by atoms with Gasteiger partial charge in [0, 0.05) is 17.3 Å². The Kier molecular flexibility index (Phi) is 6.20. The van der Waals surface area contributed by atoms with Crippen molar-refractivity contribution < 1.29 is 14.3 Å². The molecule has 0 aliphatic carbocycles. The van der Waals surface area contributed by atoms with E-state index in [9.17, 15) is 9.59 Å². The molecule has 1 aromatic heterocycles. The lowest BCUT2D eigenvalue weighted by molar-refractivity contribution is -0.124. The highest BCUT2D eigenvalue weighted by molar-refractivity contribution is 6.13. The summed E-state index contributed by atoms with van der Waals surface area (Å²) in [6, 6.07) is 18.9. The fourth-order valence-electron chi connectivity index (χ4n) is 2.34. The van der Waals surface area contributed by atoms with Crippen molar-refractivity contribution in [1.29, 1.82) is 0 Å². The third-order valence-corrected chi connectivity index (χ3v) is 3.71. The maximum atomic E-state index is 12.1. The van der Waals surface area contributed by atoms with Crippen LogP contribution in [0.1, 0.15) is 27.3 Å². The van der Waals surface area contributed by atoms with Crippen molar-refractivity contribution in [2.75, 3.05) is 6.61 Å². The van der Waals surface area contributed by atoms with Gasteiger partial charge in [-0.1, -0.05) is 60.7 Å². The van der Waals surface area contributed by atoms with Gasteiger partial charge in [0.05, 0.1) is 17.6 Å².